The van der Waals surface area contributed by atoms with Crippen LogP contribution in [0.15, 0.2) is 48.5 Å². The highest BCUT2D eigenvalue weighted by Crippen LogP contribution is 2.27. The molecule has 1 unspecified atom stereocenters. The van der Waals surface area contributed by atoms with Crippen LogP contribution in [0.25, 0.3) is 0 Å². The summed E-state index contributed by atoms with van der Waals surface area (Å²) in [4.78, 5) is 18.2. The van der Waals surface area contributed by atoms with Crippen molar-refractivity contribution in [3.8, 4) is 0 Å². The van der Waals surface area contributed by atoms with E-state index in [4.69, 9.17) is 24.5 Å². The van der Waals surface area contributed by atoms with Crippen LogP contribution in [0.4, 0.5) is 8.78 Å². The van der Waals surface area contributed by atoms with Gasteiger partial charge in [-0.3, -0.25) is 0 Å². The summed E-state index contributed by atoms with van der Waals surface area (Å²) in [5.41, 5.74) is 1.52. The van der Waals surface area contributed by atoms with Crippen LogP contribution in [-0.4, -0.2) is 53.1 Å². The maximum Gasteiger partial charge on any atom is 0.414 e. The lowest BCUT2D eigenvalue weighted by molar-refractivity contribution is -0.159. The molecule has 1 aliphatic rings. The molecule has 4 N–H and O–H groups in total. The van der Waals surface area contributed by atoms with Crippen molar-refractivity contribution in [1.82, 2.24) is 5.32 Å². The summed E-state index contributed by atoms with van der Waals surface area (Å²) >= 11 is 0. The molecule has 1 saturated carbocycles. The summed E-state index contributed by atoms with van der Waals surface area (Å²) in [6.07, 6.45) is 5.32. The Kier molecular flexibility index (Phi) is 11.6. The third-order valence-corrected chi connectivity index (χ3v) is 5.52. The Labute approximate surface area is 197 Å². The molecule has 9 heteroatoms. The molecule has 0 aliphatic heterocycles. The topological polar surface area (TPSA) is 116 Å². The predicted octanol–water partition coefficient (Wildman–Crippen LogP) is 3.76. The quantitative estimate of drug-likeness (QED) is 0.405. The largest absolute Gasteiger partial charge is 0.473 e. The van der Waals surface area contributed by atoms with Crippen LogP contribution in [0.3, 0.4) is 0 Å². The zero-order valence-electron chi connectivity index (χ0n) is 18.8. The van der Waals surface area contributed by atoms with Crippen LogP contribution in [0.2, 0.25) is 0 Å². The number of halogens is 2. The van der Waals surface area contributed by atoms with Crippen molar-refractivity contribution in [2.24, 2.45) is 5.92 Å². The van der Waals surface area contributed by atoms with Crippen LogP contribution >= 0.6 is 0 Å². The standard InChI is InChI=1S/C23H29F2NO2.C2H2O4/c24-20-10-6-18(7-11-20)23(19-8-12-21(25)13-9-19)28-16-22(27)15-26-14-17-4-2-1-3-5-17;3-1(4)2(5)6/h6-13,17,22-23,26-27H,1-5,14-16H2;(H,3,4)(H,5,6). The lowest BCUT2D eigenvalue weighted by atomic mass is 9.89. The van der Waals surface area contributed by atoms with Crippen LogP contribution in [0.1, 0.15) is 49.3 Å². The normalized spacial score (nSPS) is 14.8. The summed E-state index contributed by atoms with van der Waals surface area (Å²) in [5.74, 6) is -3.60. The van der Waals surface area contributed by atoms with Gasteiger partial charge in [0.15, 0.2) is 0 Å². The highest BCUT2D eigenvalue weighted by Gasteiger charge is 2.18. The minimum Gasteiger partial charge on any atom is -0.473 e. The van der Waals surface area contributed by atoms with Gasteiger partial charge in [0.05, 0.1) is 12.7 Å². The number of aliphatic hydroxyl groups is 1. The van der Waals surface area contributed by atoms with E-state index in [1.807, 2.05) is 0 Å². The van der Waals surface area contributed by atoms with E-state index in [-0.39, 0.29) is 18.2 Å². The number of benzene rings is 2. The van der Waals surface area contributed by atoms with Crippen LogP contribution < -0.4 is 5.32 Å². The van der Waals surface area contributed by atoms with Gasteiger partial charge in [-0.2, -0.15) is 0 Å². The maximum atomic E-state index is 13.3. The van der Waals surface area contributed by atoms with Crippen molar-refractivity contribution in [1.29, 1.82) is 0 Å². The maximum absolute atomic E-state index is 13.3. The van der Waals surface area contributed by atoms with Crippen LogP contribution in [0.5, 0.6) is 0 Å². The zero-order valence-corrected chi connectivity index (χ0v) is 18.8. The Hall–Kier alpha value is -2.88. The van der Waals surface area contributed by atoms with Crippen LogP contribution in [0, 0.1) is 17.6 Å². The minimum absolute atomic E-state index is 0.136. The van der Waals surface area contributed by atoms with Gasteiger partial charge >= 0.3 is 11.9 Å². The number of aliphatic carboxylic acids is 2. The molecule has 7 nitrogen and oxygen atoms in total. The number of carboxylic acids is 2. The second kappa shape index (κ2) is 14.4. The highest BCUT2D eigenvalue weighted by atomic mass is 19.1. The molecule has 0 bridgehead atoms. The Morgan fingerprint density at radius 3 is 1.79 bits per heavy atom. The first-order chi connectivity index (χ1) is 16.3. The third-order valence-electron chi connectivity index (χ3n) is 5.52. The number of carbonyl (C=O) groups is 2. The first-order valence-electron chi connectivity index (χ1n) is 11.2. The molecule has 0 saturated heterocycles. The van der Waals surface area contributed by atoms with Gasteiger partial charge in [0.2, 0.25) is 0 Å². The van der Waals surface area contributed by atoms with Crippen molar-refractivity contribution >= 4 is 11.9 Å². The van der Waals surface area contributed by atoms with Crippen molar-refractivity contribution < 1.29 is 38.4 Å². The molecule has 2 aromatic carbocycles. The van der Waals surface area contributed by atoms with E-state index in [1.165, 1.54) is 56.4 Å². The van der Waals surface area contributed by atoms with E-state index in [0.717, 1.165) is 17.7 Å². The van der Waals surface area contributed by atoms with Gasteiger partial charge in [0.25, 0.3) is 0 Å². The molecule has 3 rings (SSSR count). The predicted molar refractivity (Wildman–Crippen MR) is 121 cm³/mol. The van der Waals surface area contributed by atoms with E-state index < -0.39 is 24.1 Å². The van der Waals surface area contributed by atoms with E-state index in [2.05, 4.69) is 5.32 Å². The van der Waals surface area contributed by atoms with Gasteiger partial charge in [-0.05, 0) is 60.7 Å². The summed E-state index contributed by atoms with van der Waals surface area (Å²) < 4.78 is 32.5. The molecule has 2 aromatic rings. The first kappa shape index (κ1) is 27.4. The summed E-state index contributed by atoms with van der Waals surface area (Å²) in [7, 11) is 0. The molecule has 1 atom stereocenters. The molecular weight excluding hydrogens is 448 g/mol. The van der Waals surface area contributed by atoms with Gasteiger partial charge in [0.1, 0.15) is 17.7 Å². The Balaban J connectivity index is 0.000000604. The number of nitrogens with one attached hydrogen (secondary N) is 1. The molecule has 186 valence electrons. The van der Waals surface area contributed by atoms with Crippen molar-refractivity contribution in [2.45, 2.75) is 44.3 Å². The Bertz CT molecular complexity index is 828. The number of hydrogen-bond acceptors (Lipinski definition) is 5. The van der Waals surface area contributed by atoms with Crippen LogP contribution in [-0.2, 0) is 14.3 Å². The number of ether oxygens (including phenoxy) is 1. The second-order valence-electron chi connectivity index (χ2n) is 8.24. The summed E-state index contributed by atoms with van der Waals surface area (Å²) in [5, 5.41) is 28.4. The van der Waals surface area contributed by atoms with E-state index in [0.29, 0.717) is 12.5 Å². The molecule has 0 radical (unpaired) electrons. The van der Waals surface area contributed by atoms with Gasteiger partial charge in [-0.25, -0.2) is 18.4 Å². The van der Waals surface area contributed by atoms with E-state index in [9.17, 15) is 13.9 Å². The molecule has 0 amide bonds. The molecule has 1 aliphatic carbocycles. The average Bonchev–Trinajstić information content (AvgIpc) is 2.82. The summed E-state index contributed by atoms with van der Waals surface area (Å²) in [6, 6.07) is 12.1. The molecular formula is C25H31F2NO6. The number of hydrogen-bond donors (Lipinski definition) is 4. The molecule has 0 heterocycles. The van der Waals surface area contributed by atoms with Crippen molar-refractivity contribution in [3.63, 3.8) is 0 Å². The van der Waals surface area contributed by atoms with Gasteiger partial charge in [-0.15, -0.1) is 0 Å². The fourth-order valence-electron chi connectivity index (χ4n) is 3.77. The second-order valence-corrected chi connectivity index (χ2v) is 8.24. The minimum atomic E-state index is -1.82. The molecule has 1 fully saturated rings. The third kappa shape index (κ3) is 9.94. The van der Waals surface area contributed by atoms with E-state index >= 15 is 0 Å². The smallest absolute Gasteiger partial charge is 0.414 e. The zero-order chi connectivity index (χ0) is 24.9. The summed E-state index contributed by atoms with van der Waals surface area (Å²) in [6.45, 7) is 1.53. The van der Waals surface area contributed by atoms with Gasteiger partial charge < -0.3 is 25.4 Å². The lowest BCUT2D eigenvalue weighted by Crippen LogP contribution is -2.34. The SMILES string of the molecule is O=C(O)C(=O)O.OC(CNCC1CCCCC1)COC(c1ccc(F)cc1)c1ccc(F)cc1. The fourth-order valence-corrected chi connectivity index (χ4v) is 3.77. The number of carboxylic acid groups (broad SMARTS) is 2. The van der Waals surface area contributed by atoms with Gasteiger partial charge in [-0.1, -0.05) is 43.5 Å². The number of aliphatic hydroxyl groups excluding tert-OH is 1. The van der Waals surface area contributed by atoms with Gasteiger partial charge in [0, 0.05) is 6.54 Å². The number of rotatable bonds is 9. The molecule has 34 heavy (non-hydrogen) atoms. The van der Waals surface area contributed by atoms with Crippen molar-refractivity contribution in [2.75, 3.05) is 19.7 Å². The average molecular weight is 480 g/mol. The molecule has 0 aromatic heterocycles. The monoisotopic (exact) mass is 479 g/mol. The van der Waals surface area contributed by atoms with E-state index in [1.54, 1.807) is 24.3 Å². The molecule has 0 spiro atoms. The Morgan fingerprint density at radius 1 is 0.882 bits per heavy atom. The lowest BCUT2D eigenvalue weighted by Gasteiger charge is -2.24. The first-order valence-corrected chi connectivity index (χ1v) is 11.2. The fraction of sp³-hybridized carbons (Fsp3) is 0.440. The van der Waals surface area contributed by atoms with Crippen molar-refractivity contribution in [3.05, 3.63) is 71.3 Å². The highest BCUT2D eigenvalue weighted by molar-refractivity contribution is 6.27. The Morgan fingerprint density at radius 2 is 1.35 bits per heavy atom.